The van der Waals surface area contributed by atoms with Crippen LogP contribution in [0, 0.1) is 0 Å². The molecule has 6 heteroatoms. The number of hydrogen-bond donors (Lipinski definition) is 1. The van der Waals surface area contributed by atoms with Crippen LogP contribution in [0.2, 0.25) is 5.02 Å². The van der Waals surface area contributed by atoms with Gasteiger partial charge in [0.25, 0.3) is 11.8 Å². The van der Waals surface area contributed by atoms with Crippen molar-refractivity contribution < 1.29 is 9.59 Å². The van der Waals surface area contributed by atoms with E-state index in [9.17, 15) is 9.59 Å². The molecule has 0 aromatic heterocycles. The van der Waals surface area contributed by atoms with E-state index in [0.29, 0.717) is 10.7 Å². The standard InChI is InChI=1S/C19H13ClN2O2S/c1-2-12-4-3-5-13(10-12)11-16-17(23)21-19(25)22(18(16)24)15-8-6-14(20)7-9-15/h2-11H,1H2,(H,21,23,25)/b16-11-. The molecule has 0 aliphatic carbocycles. The number of benzene rings is 2. The van der Waals surface area contributed by atoms with Crippen LogP contribution in [-0.4, -0.2) is 16.9 Å². The van der Waals surface area contributed by atoms with E-state index in [1.807, 2.05) is 18.2 Å². The summed E-state index contributed by atoms with van der Waals surface area (Å²) in [5.41, 5.74) is 2.15. The Morgan fingerprint density at radius 2 is 1.76 bits per heavy atom. The Labute approximate surface area is 155 Å². The molecule has 0 unspecified atom stereocenters. The lowest BCUT2D eigenvalue weighted by Gasteiger charge is -2.28. The lowest BCUT2D eigenvalue weighted by atomic mass is 10.0. The zero-order valence-electron chi connectivity index (χ0n) is 13.0. The number of halogens is 1. The maximum Gasteiger partial charge on any atom is 0.270 e. The fraction of sp³-hybridized carbons (Fsp3) is 0. The fourth-order valence-corrected chi connectivity index (χ4v) is 2.83. The molecule has 1 N–H and O–H groups in total. The van der Waals surface area contributed by atoms with Gasteiger partial charge in [-0.15, -0.1) is 0 Å². The quantitative estimate of drug-likeness (QED) is 0.509. The first-order valence-electron chi connectivity index (χ1n) is 7.39. The van der Waals surface area contributed by atoms with Crippen LogP contribution in [0.3, 0.4) is 0 Å². The molecule has 1 saturated heterocycles. The van der Waals surface area contributed by atoms with E-state index >= 15 is 0 Å². The minimum absolute atomic E-state index is 0.00441. The summed E-state index contributed by atoms with van der Waals surface area (Å²) < 4.78 is 0. The van der Waals surface area contributed by atoms with Crippen LogP contribution in [0.1, 0.15) is 11.1 Å². The summed E-state index contributed by atoms with van der Waals surface area (Å²) in [5.74, 6) is -1.01. The number of nitrogens with zero attached hydrogens (tertiary/aromatic N) is 1. The van der Waals surface area contributed by atoms with Crippen LogP contribution in [0.15, 0.2) is 60.7 Å². The van der Waals surface area contributed by atoms with Gasteiger partial charge in [0.1, 0.15) is 5.57 Å². The highest BCUT2D eigenvalue weighted by Crippen LogP contribution is 2.23. The first-order chi connectivity index (χ1) is 12.0. The lowest BCUT2D eigenvalue weighted by Crippen LogP contribution is -2.54. The predicted molar refractivity (Wildman–Crippen MR) is 104 cm³/mol. The van der Waals surface area contributed by atoms with Crippen molar-refractivity contribution in [1.82, 2.24) is 5.32 Å². The summed E-state index contributed by atoms with van der Waals surface area (Å²) in [6.07, 6.45) is 3.23. The molecular formula is C19H13ClN2O2S. The molecule has 25 heavy (non-hydrogen) atoms. The molecule has 1 aliphatic rings. The van der Waals surface area contributed by atoms with Crippen LogP contribution in [-0.2, 0) is 9.59 Å². The van der Waals surface area contributed by atoms with Crippen molar-refractivity contribution in [2.24, 2.45) is 0 Å². The van der Waals surface area contributed by atoms with Gasteiger partial charge in [0.15, 0.2) is 5.11 Å². The van der Waals surface area contributed by atoms with Gasteiger partial charge in [-0.1, -0.05) is 42.5 Å². The van der Waals surface area contributed by atoms with Gasteiger partial charge in [0.2, 0.25) is 0 Å². The van der Waals surface area contributed by atoms with E-state index in [-0.39, 0.29) is 10.7 Å². The van der Waals surface area contributed by atoms with Crippen molar-refractivity contribution in [2.75, 3.05) is 4.90 Å². The van der Waals surface area contributed by atoms with Crippen molar-refractivity contribution in [3.63, 3.8) is 0 Å². The Morgan fingerprint density at radius 3 is 2.44 bits per heavy atom. The van der Waals surface area contributed by atoms with Gasteiger partial charge >= 0.3 is 0 Å². The number of rotatable bonds is 3. The van der Waals surface area contributed by atoms with Gasteiger partial charge in [-0.25, -0.2) is 0 Å². The zero-order valence-corrected chi connectivity index (χ0v) is 14.6. The number of carbonyl (C=O) groups excluding carboxylic acids is 2. The highest BCUT2D eigenvalue weighted by Gasteiger charge is 2.34. The van der Waals surface area contributed by atoms with E-state index < -0.39 is 11.8 Å². The molecule has 0 bridgehead atoms. The van der Waals surface area contributed by atoms with E-state index in [1.54, 1.807) is 36.4 Å². The van der Waals surface area contributed by atoms with Gasteiger partial charge in [-0.3, -0.25) is 19.8 Å². The van der Waals surface area contributed by atoms with Gasteiger partial charge in [-0.2, -0.15) is 0 Å². The summed E-state index contributed by atoms with van der Waals surface area (Å²) in [5, 5.41) is 3.13. The smallest absolute Gasteiger partial charge is 0.270 e. The van der Waals surface area contributed by atoms with E-state index in [4.69, 9.17) is 23.8 Å². The third-order valence-electron chi connectivity index (χ3n) is 3.64. The second-order valence-electron chi connectivity index (χ2n) is 5.31. The maximum atomic E-state index is 12.8. The predicted octanol–water partition coefficient (Wildman–Crippen LogP) is 3.81. The number of hydrogen-bond acceptors (Lipinski definition) is 3. The van der Waals surface area contributed by atoms with Gasteiger partial charge in [0, 0.05) is 5.02 Å². The summed E-state index contributed by atoms with van der Waals surface area (Å²) >= 11 is 11.0. The van der Waals surface area contributed by atoms with Gasteiger partial charge < -0.3 is 0 Å². The van der Waals surface area contributed by atoms with Crippen molar-refractivity contribution in [1.29, 1.82) is 0 Å². The van der Waals surface area contributed by atoms with Crippen molar-refractivity contribution in [3.05, 3.63) is 76.8 Å². The van der Waals surface area contributed by atoms with Gasteiger partial charge in [-0.05, 0) is 59.8 Å². The molecule has 2 aromatic rings. The molecule has 2 aromatic carbocycles. The number of nitrogens with one attached hydrogen (secondary N) is 1. The Bertz CT molecular complexity index is 919. The Morgan fingerprint density at radius 1 is 1.08 bits per heavy atom. The second kappa shape index (κ2) is 7.01. The number of carbonyl (C=O) groups is 2. The van der Waals surface area contributed by atoms with Crippen LogP contribution in [0.25, 0.3) is 12.2 Å². The van der Waals surface area contributed by atoms with E-state index in [2.05, 4.69) is 11.9 Å². The van der Waals surface area contributed by atoms with E-state index in [0.717, 1.165) is 11.1 Å². The average Bonchev–Trinajstić information content (AvgIpc) is 2.60. The van der Waals surface area contributed by atoms with Crippen molar-refractivity contribution >= 4 is 58.6 Å². The number of anilines is 1. The van der Waals surface area contributed by atoms with Gasteiger partial charge in [0.05, 0.1) is 5.69 Å². The minimum atomic E-state index is -0.524. The summed E-state index contributed by atoms with van der Waals surface area (Å²) in [4.78, 5) is 26.4. The molecule has 3 rings (SSSR count). The first kappa shape index (κ1) is 17.1. The Hall–Kier alpha value is -2.76. The molecule has 124 valence electrons. The highest BCUT2D eigenvalue weighted by atomic mass is 35.5. The summed E-state index contributed by atoms with van der Waals surface area (Å²) in [7, 11) is 0. The summed E-state index contributed by atoms with van der Waals surface area (Å²) in [6.45, 7) is 3.71. The van der Waals surface area contributed by atoms with Crippen LogP contribution < -0.4 is 10.2 Å². The number of thiocarbonyl (C=S) groups is 1. The molecule has 0 saturated carbocycles. The number of amides is 2. The molecule has 2 amide bonds. The van der Waals surface area contributed by atoms with Crippen molar-refractivity contribution in [3.8, 4) is 0 Å². The maximum absolute atomic E-state index is 12.8. The first-order valence-corrected chi connectivity index (χ1v) is 8.18. The molecule has 0 radical (unpaired) electrons. The van der Waals surface area contributed by atoms with Crippen LogP contribution >= 0.6 is 23.8 Å². The third kappa shape index (κ3) is 3.52. The Balaban J connectivity index is 2.01. The normalized spacial score (nSPS) is 16.1. The zero-order chi connectivity index (χ0) is 18.0. The Kier molecular flexibility index (Phi) is 4.79. The fourth-order valence-electron chi connectivity index (χ4n) is 2.42. The van der Waals surface area contributed by atoms with Crippen LogP contribution in [0.5, 0.6) is 0 Å². The van der Waals surface area contributed by atoms with Crippen LogP contribution in [0.4, 0.5) is 5.69 Å². The SMILES string of the molecule is C=Cc1cccc(/C=C2/C(=O)NC(=S)N(c3ccc(Cl)cc3)C2=O)c1. The summed E-state index contributed by atoms with van der Waals surface area (Å²) in [6, 6.07) is 14.0. The molecule has 0 atom stereocenters. The lowest BCUT2D eigenvalue weighted by molar-refractivity contribution is -0.122. The average molecular weight is 369 g/mol. The second-order valence-corrected chi connectivity index (χ2v) is 6.13. The molecule has 0 spiro atoms. The highest BCUT2D eigenvalue weighted by molar-refractivity contribution is 7.80. The van der Waals surface area contributed by atoms with E-state index in [1.165, 1.54) is 11.0 Å². The molecular weight excluding hydrogens is 356 g/mol. The minimum Gasteiger partial charge on any atom is -0.298 e. The molecule has 1 heterocycles. The largest absolute Gasteiger partial charge is 0.298 e. The molecule has 1 aliphatic heterocycles. The topological polar surface area (TPSA) is 49.4 Å². The monoisotopic (exact) mass is 368 g/mol. The third-order valence-corrected chi connectivity index (χ3v) is 4.18. The van der Waals surface area contributed by atoms with Crippen molar-refractivity contribution in [2.45, 2.75) is 0 Å². The molecule has 4 nitrogen and oxygen atoms in total. The molecule has 1 fully saturated rings.